The lowest BCUT2D eigenvalue weighted by atomic mass is 10.1. The van der Waals surface area contributed by atoms with Crippen LogP contribution >= 0.6 is 0 Å². The maximum atomic E-state index is 13.4. The first-order chi connectivity index (χ1) is 13.6. The van der Waals surface area contributed by atoms with Gasteiger partial charge in [0.2, 0.25) is 5.89 Å². The Hall–Kier alpha value is -3.21. The number of amides is 1. The number of carbonyl (C=O) groups excluding carboxylic acids is 1. The summed E-state index contributed by atoms with van der Waals surface area (Å²) in [6.45, 7) is -0.471. The van der Waals surface area contributed by atoms with Gasteiger partial charge >= 0.3 is 6.18 Å². The van der Waals surface area contributed by atoms with Crippen molar-refractivity contribution >= 4 is 15.9 Å². The zero-order valence-corrected chi connectivity index (χ0v) is 15.1. The first-order valence-electron chi connectivity index (χ1n) is 8.06. The van der Waals surface area contributed by atoms with Crippen molar-refractivity contribution in [3.8, 4) is 11.5 Å². The van der Waals surface area contributed by atoms with E-state index in [0.717, 1.165) is 48.7 Å². The second kappa shape index (κ2) is 6.41. The number of carbonyl (C=O) groups is 1. The van der Waals surface area contributed by atoms with Gasteiger partial charge in [-0.3, -0.25) is 4.79 Å². The zero-order valence-electron chi connectivity index (χ0n) is 14.3. The van der Waals surface area contributed by atoms with Crippen LogP contribution in [0.15, 0.2) is 58.0 Å². The molecule has 1 amide bonds. The van der Waals surface area contributed by atoms with Crippen LogP contribution in [0.25, 0.3) is 11.5 Å². The quantitative estimate of drug-likeness (QED) is 0.595. The highest BCUT2D eigenvalue weighted by Gasteiger charge is 2.41. The number of hydrogen-bond donors (Lipinski definition) is 0. The maximum Gasteiger partial charge on any atom is 0.416 e. The molecular formula is C18H10F4N2O4S. The van der Waals surface area contributed by atoms with Gasteiger partial charge in [0, 0.05) is 5.56 Å². The van der Waals surface area contributed by atoms with Crippen LogP contribution in [0.1, 0.15) is 21.6 Å². The molecule has 0 bridgehead atoms. The highest BCUT2D eigenvalue weighted by molar-refractivity contribution is 7.90. The summed E-state index contributed by atoms with van der Waals surface area (Å²) in [6, 6.07) is 6.83. The second-order valence-electron chi connectivity index (χ2n) is 6.18. The number of fused-ring (bicyclic) bond motifs is 1. The van der Waals surface area contributed by atoms with Gasteiger partial charge in [-0.25, -0.2) is 22.1 Å². The molecular weight excluding hydrogens is 416 g/mol. The number of nitrogens with zero attached hydrogens (tertiary/aromatic N) is 2. The molecule has 0 unspecified atom stereocenters. The summed E-state index contributed by atoms with van der Waals surface area (Å²) in [6.07, 6.45) is -3.39. The van der Waals surface area contributed by atoms with Crippen molar-refractivity contribution in [1.29, 1.82) is 0 Å². The van der Waals surface area contributed by atoms with Crippen molar-refractivity contribution in [2.45, 2.75) is 17.6 Å². The molecule has 6 nitrogen and oxygen atoms in total. The van der Waals surface area contributed by atoms with Crippen LogP contribution in [-0.2, 0) is 22.7 Å². The average Bonchev–Trinajstić information content (AvgIpc) is 3.19. The van der Waals surface area contributed by atoms with Crippen molar-refractivity contribution in [1.82, 2.24) is 9.29 Å². The van der Waals surface area contributed by atoms with E-state index >= 15 is 0 Å². The fourth-order valence-electron chi connectivity index (χ4n) is 2.87. The predicted octanol–water partition coefficient (Wildman–Crippen LogP) is 3.84. The molecule has 4 rings (SSSR count). The highest BCUT2D eigenvalue weighted by atomic mass is 32.2. The first kappa shape index (κ1) is 19.1. The van der Waals surface area contributed by atoms with E-state index in [9.17, 15) is 30.8 Å². The summed E-state index contributed by atoms with van der Waals surface area (Å²) in [5, 5.41) is 0. The van der Waals surface area contributed by atoms with Gasteiger partial charge in [0.15, 0.2) is 0 Å². The molecule has 0 radical (unpaired) electrons. The third-order valence-corrected chi connectivity index (χ3v) is 6.07. The number of aromatic nitrogens is 1. The molecule has 0 saturated heterocycles. The Morgan fingerprint density at radius 3 is 2.41 bits per heavy atom. The minimum absolute atomic E-state index is 0.0404. The van der Waals surface area contributed by atoms with E-state index in [2.05, 4.69) is 4.98 Å². The Bertz CT molecular complexity index is 1220. The van der Waals surface area contributed by atoms with Gasteiger partial charge in [-0.05, 0) is 42.5 Å². The summed E-state index contributed by atoms with van der Waals surface area (Å²) in [4.78, 5) is 16.1. The number of hydrogen-bond acceptors (Lipinski definition) is 5. The van der Waals surface area contributed by atoms with Crippen molar-refractivity contribution in [2.75, 3.05) is 0 Å². The van der Waals surface area contributed by atoms with Crippen LogP contribution < -0.4 is 0 Å². The molecule has 0 N–H and O–H groups in total. The lowest BCUT2D eigenvalue weighted by Gasteiger charge is -2.12. The van der Waals surface area contributed by atoms with Gasteiger partial charge in [-0.1, -0.05) is 0 Å². The number of benzene rings is 2. The summed E-state index contributed by atoms with van der Waals surface area (Å²) < 4.78 is 82.1. The third-order valence-electron chi connectivity index (χ3n) is 4.28. The fourth-order valence-corrected chi connectivity index (χ4v) is 4.39. The molecule has 2 aromatic carbocycles. The fraction of sp³-hybridized carbons (Fsp3) is 0.111. The first-order valence-corrected chi connectivity index (χ1v) is 9.50. The van der Waals surface area contributed by atoms with E-state index in [1.165, 1.54) is 0 Å². The molecule has 3 aromatic rings. The van der Waals surface area contributed by atoms with Gasteiger partial charge in [-0.15, -0.1) is 0 Å². The Morgan fingerprint density at radius 2 is 1.76 bits per heavy atom. The standard InChI is InChI=1S/C18H10F4N2O4S/c19-12-5-6-15-14(7-12)17(25)24(29(15,26)27)8-13-9-28-16(23-13)10-1-3-11(4-2-10)18(20,21)22/h1-7,9H,8H2. The van der Waals surface area contributed by atoms with Gasteiger partial charge in [0.25, 0.3) is 15.9 Å². The van der Waals surface area contributed by atoms with Crippen LogP contribution in [0.4, 0.5) is 17.6 Å². The smallest absolute Gasteiger partial charge is 0.416 e. The largest absolute Gasteiger partial charge is 0.444 e. The Labute approximate surface area is 161 Å². The molecule has 1 aliphatic heterocycles. The van der Waals surface area contributed by atoms with Crippen LogP contribution in [0.3, 0.4) is 0 Å². The number of halogens is 4. The zero-order chi connectivity index (χ0) is 21.0. The normalized spacial score (nSPS) is 15.6. The van der Waals surface area contributed by atoms with Gasteiger partial charge in [0.05, 0.1) is 17.7 Å². The molecule has 0 atom stereocenters. The minimum Gasteiger partial charge on any atom is -0.444 e. The number of oxazole rings is 1. The SMILES string of the molecule is O=C1c2cc(F)ccc2S(=O)(=O)N1Cc1coc(-c2ccc(C(F)(F)F)cc2)n1. The highest BCUT2D eigenvalue weighted by Crippen LogP contribution is 2.33. The Balaban J connectivity index is 1.59. The van der Waals surface area contributed by atoms with Gasteiger partial charge in [-0.2, -0.15) is 13.2 Å². The Morgan fingerprint density at radius 1 is 1.07 bits per heavy atom. The molecule has 1 aliphatic rings. The van der Waals surface area contributed by atoms with Gasteiger partial charge < -0.3 is 4.42 Å². The molecule has 150 valence electrons. The lowest BCUT2D eigenvalue weighted by Crippen LogP contribution is -2.29. The van der Waals surface area contributed by atoms with Crippen LogP contribution in [0.2, 0.25) is 0 Å². The Kier molecular flexibility index (Phi) is 4.23. The van der Waals surface area contributed by atoms with E-state index in [1.807, 2.05) is 0 Å². The molecule has 2 heterocycles. The van der Waals surface area contributed by atoms with Crippen molar-refractivity contribution in [3.05, 3.63) is 71.4 Å². The van der Waals surface area contributed by atoms with E-state index in [-0.39, 0.29) is 27.6 Å². The van der Waals surface area contributed by atoms with Crippen LogP contribution in [0, 0.1) is 5.82 Å². The molecule has 29 heavy (non-hydrogen) atoms. The molecule has 11 heteroatoms. The van der Waals surface area contributed by atoms with Crippen molar-refractivity contribution in [2.24, 2.45) is 0 Å². The van der Waals surface area contributed by atoms with Gasteiger partial charge in [0.1, 0.15) is 22.7 Å². The van der Waals surface area contributed by atoms with Crippen LogP contribution in [0.5, 0.6) is 0 Å². The van der Waals surface area contributed by atoms with Crippen molar-refractivity contribution < 1.29 is 35.2 Å². The number of sulfonamides is 1. The van der Waals surface area contributed by atoms with Crippen LogP contribution in [-0.4, -0.2) is 23.6 Å². The van der Waals surface area contributed by atoms with Crippen molar-refractivity contribution in [3.63, 3.8) is 0 Å². The summed E-state index contributed by atoms with van der Waals surface area (Å²) in [5.74, 6) is -1.69. The van der Waals surface area contributed by atoms with E-state index < -0.39 is 40.0 Å². The van der Waals surface area contributed by atoms with E-state index in [0.29, 0.717) is 4.31 Å². The molecule has 0 spiro atoms. The third kappa shape index (κ3) is 3.27. The van der Waals surface area contributed by atoms with E-state index in [4.69, 9.17) is 4.42 Å². The number of rotatable bonds is 3. The summed E-state index contributed by atoms with van der Waals surface area (Å²) in [7, 11) is -4.18. The maximum absolute atomic E-state index is 13.4. The summed E-state index contributed by atoms with van der Waals surface area (Å²) >= 11 is 0. The minimum atomic E-state index is -4.49. The molecule has 0 fully saturated rings. The topological polar surface area (TPSA) is 80.5 Å². The average molecular weight is 426 g/mol. The van der Waals surface area contributed by atoms with E-state index in [1.54, 1.807) is 0 Å². The number of alkyl halides is 3. The molecule has 0 saturated carbocycles. The monoisotopic (exact) mass is 426 g/mol. The summed E-state index contributed by atoms with van der Waals surface area (Å²) in [5.41, 5.74) is -0.821. The predicted molar refractivity (Wildman–Crippen MR) is 90.4 cm³/mol. The second-order valence-corrected chi connectivity index (χ2v) is 8.01. The lowest BCUT2D eigenvalue weighted by molar-refractivity contribution is -0.137. The molecule has 1 aromatic heterocycles. The molecule has 0 aliphatic carbocycles.